The number of aromatic nitrogens is 3. The van der Waals surface area contributed by atoms with Crippen molar-refractivity contribution in [2.75, 3.05) is 45.8 Å². The van der Waals surface area contributed by atoms with Crippen molar-refractivity contribution in [2.24, 2.45) is 0 Å². The summed E-state index contributed by atoms with van der Waals surface area (Å²) in [4.78, 5) is 34.5. The van der Waals surface area contributed by atoms with Gasteiger partial charge in [0.1, 0.15) is 5.52 Å². The van der Waals surface area contributed by atoms with Gasteiger partial charge in [0.15, 0.2) is 5.65 Å². The van der Waals surface area contributed by atoms with Crippen LogP contribution in [0.2, 0.25) is 0 Å². The summed E-state index contributed by atoms with van der Waals surface area (Å²) in [5.41, 5.74) is 1.94. The number of rotatable bonds is 8. The van der Waals surface area contributed by atoms with Crippen LogP contribution in [0.4, 0.5) is 0 Å². The van der Waals surface area contributed by atoms with Gasteiger partial charge in [-0.05, 0) is 43.8 Å². The van der Waals surface area contributed by atoms with Crippen LogP contribution in [0.5, 0.6) is 0 Å². The van der Waals surface area contributed by atoms with Gasteiger partial charge in [0.2, 0.25) is 5.91 Å². The molecule has 0 aliphatic carbocycles. The first kappa shape index (κ1) is 20.6. The van der Waals surface area contributed by atoms with E-state index in [1.165, 1.54) is 0 Å². The molecule has 0 radical (unpaired) electrons. The van der Waals surface area contributed by atoms with E-state index in [2.05, 4.69) is 27.0 Å². The summed E-state index contributed by atoms with van der Waals surface area (Å²) in [5, 5.41) is 3.00. The van der Waals surface area contributed by atoms with E-state index >= 15 is 0 Å². The molecule has 3 aromatic rings. The van der Waals surface area contributed by atoms with Crippen LogP contribution in [0.25, 0.3) is 16.7 Å². The molecular weight excluding hydrogens is 380 g/mol. The summed E-state index contributed by atoms with van der Waals surface area (Å²) >= 11 is 0. The number of piperazine rings is 1. The Balaban J connectivity index is 1.29. The number of pyridine rings is 1. The smallest absolute Gasteiger partial charge is 0.276 e. The molecule has 0 unspecified atom stereocenters. The van der Waals surface area contributed by atoms with Gasteiger partial charge < -0.3 is 19.5 Å². The van der Waals surface area contributed by atoms with Crippen LogP contribution < -0.4 is 10.9 Å². The zero-order valence-corrected chi connectivity index (χ0v) is 17.6. The van der Waals surface area contributed by atoms with E-state index in [-0.39, 0.29) is 17.9 Å². The van der Waals surface area contributed by atoms with E-state index in [0.717, 1.165) is 51.2 Å². The van der Waals surface area contributed by atoms with Crippen molar-refractivity contribution in [2.45, 2.75) is 26.3 Å². The van der Waals surface area contributed by atoms with Crippen molar-refractivity contribution >= 4 is 22.6 Å². The van der Waals surface area contributed by atoms with E-state index < -0.39 is 0 Å². The largest absolute Gasteiger partial charge is 0.356 e. The first-order valence-electron chi connectivity index (χ1n) is 10.8. The molecule has 1 aliphatic heterocycles. The number of aryl methyl sites for hydroxylation is 1. The lowest BCUT2D eigenvalue weighted by atomic mass is 10.3. The third kappa shape index (κ3) is 4.39. The fraction of sp³-hybridized carbons (Fsp3) is 0.500. The summed E-state index contributed by atoms with van der Waals surface area (Å²) in [5.74, 6) is -0.0305. The Kier molecular flexibility index (Phi) is 6.44. The third-order valence-corrected chi connectivity index (χ3v) is 5.94. The highest BCUT2D eigenvalue weighted by atomic mass is 16.2. The summed E-state index contributed by atoms with van der Waals surface area (Å²) in [6, 6.07) is 7.44. The Bertz CT molecular complexity index is 1060. The van der Waals surface area contributed by atoms with Gasteiger partial charge in [-0.3, -0.25) is 14.2 Å². The average molecular weight is 411 g/mol. The zero-order chi connectivity index (χ0) is 20.9. The Labute approximate surface area is 176 Å². The van der Waals surface area contributed by atoms with Gasteiger partial charge in [-0.15, -0.1) is 0 Å². The third-order valence-electron chi connectivity index (χ3n) is 5.94. The topological polar surface area (TPSA) is 74.9 Å². The number of fused-ring (bicyclic) bond motifs is 3. The molecule has 0 aromatic carbocycles. The quantitative estimate of drug-likeness (QED) is 0.565. The normalized spacial score (nSPS) is 15.8. The van der Waals surface area contributed by atoms with E-state index in [1.54, 1.807) is 16.8 Å². The molecule has 1 amide bonds. The molecule has 8 nitrogen and oxygen atoms in total. The van der Waals surface area contributed by atoms with Crippen LogP contribution in [0.3, 0.4) is 0 Å². The van der Waals surface area contributed by atoms with Gasteiger partial charge >= 0.3 is 0 Å². The Morgan fingerprint density at radius 3 is 2.63 bits per heavy atom. The van der Waals surface area contributed by atoms with Crippen molar-refractivity contribution in [3.8, 4) is 0 Å². The summed E-state index contributed by atoms with van der Waals surface area (Å²) in [7, 11) is 0. The molecule has 30 heavy (non-hydrogen) atoms. The minimum atomic E-state index is -0.120. The second-order valence-corrected chi connectivity index (χ2v) is 7.80. The van der Waals surface area contributed by atoms with Gasteiger partial charge in [0.25, 0.3) is 5.56 Å². The molecule has 4 rings (SSSR count). The lowest BCUT2D eigenvalue weighted by molar-refractivity contribution is -0.121. The molecule has 4 heterocycles. The van der Waals surface area contributed by atoms with Crippen LogP contribution in [-0.2, 0) is 11.3 Å². The molecule has 0 atom stereocenters. The van der Waals surface area contributed by atoms with Crippen molar-refractivity contribution in [3.05, 3.63) is 47.0 Å². The molecule has 1 N–H and O–H groups in total. The van der Waals surface area contributed by atoms with Crippen LogP contribution in [0, 0.1) is 0 Å². The summed E-state index contributed by atoms with van der Waals surface area (Å²) in [6.45, 7) is 9.79. The number of hydrogen-bond acceptors (Lipinski definition) is 5. The highest BCUT2D eigenvalue weighted by Gasteiger charge is 2.15. The molecule has 0 saturated carbocycles. The molecular formula is C22H30N6O2. The van der Waals surface area contributed by atoms with Gasteiger partial charge in [-0.1, -0.05) is 6.92 Å². The summed E-state index contributed by atoms with van der Waals surface area (Å²) in [6.07, 6.45) is 4.74. The second kappa shape index (κ2) is 9.40. The van der Waals surface area contributed by atoms with Crippen molar-refractivity contribution in [1.29, 1.82) is 0 Å². The number of carbonyl (C=O) groups is 1. The fourth-order valence-corrected chi connectivity index (χ4v) is 4.15. The van der Waals surface area contributed by atoms with Gasteiger partial charge in [0.05, 0.1) is 5.52 Å². The zero-order valence-electron chi connectivity index (χ0n) is 17.6. The van der Waals surface area contributed by atoms with Gasteiger partial charge in [0, 0.05) is 58.1 Å². The highest BCUT2D eigenvalue weighted by Crippen LogP contribution is 2.13. The van der Waals surface area contributed by atoms with E-state index in [4.69, 9.17) is 0 Å². The van der Waals surface area contributed by atoms with Crippen LogP contribution >= 0.6 is 0 Å². The van der Waals surface area contributed by atoms with E-state index in [1.807, 2.05) is 28.8 Å². The molecule has 160 valence electrons. The number of carbonyl (C=O) groups excluding carboxylic acids is 1. The van der Waals surface area contributed by atoms with Gasteiger partial charge in [-0.25, -0.2) is 4.98 Å². The lowest BCUT2D eigenvalue weighted by Gasteiger charge is -2.33. The molecule has 0 bridgehead atoms. The monoisotopic (exact) mass is 410 g/mol. The number of nitrogens with zero attached hydrogens (tertiary/aromatic N) is 5. The SMILES string of the molecule is CCN1CCN(CCCNC(=O)CCn2c(=O)c3cccn3c3cccnc32)CC1. The molecule has 3 aromatic heterocycles. The highest BCUT2D eigenvalue weighted by molar-refractivity contribution is 5.77. The Hall–Kier alpha value is -2.71. The van der Waals surface area contributed by atoms with E-state index in [0.29, 0.717) is 24.3 Å². The molecule has 8 heteroatoms. The maximum atomic E-state index is 12.9. The van der Waals surface area contributed by atoms with Crippen LogP contribution in [-0.4, -0.2) is 75.5 Å². The number of amides is 1. The first-order chi connectivity index (χ1) is 14.7. The summed E-state index contributed by atoms with van der Waals surface area (Å²) < 4.78 is 3.46. The van der Waals surface area contributed by atoms with Crippen molar-refractivity contribution < 1.29 is 4.79 Å². The number of nitrogens with one attached hydrogen (secondary N) is 1. The molecule has 1 aliphatic rings. The van der Waals surface area contributed by atoms with Crippen molar-refractivity contribution in [1.82, 2.24) is 29.1 Å². The lowest BCUT2D eigenvalue weighted by Crippen LogP contribution is -2.46. The number of likely N-dealkylation sites (N-methyl/N-ethyl adjacent to an activating group) is 1. The number of hydrogen-bond donors (Lipinski definition) is 1. The predicted octanol–water partition coefficient (Wildman–Crippen LogP) is 1.18. The first-order valence-corrected chi connectivity index (χ1v) is 10.8. The maximum absolute atomic E-state index is 12.9. The average Bonchev–Trinajstić information content (AvgIpc) is 3.28. The molecule has 1 fully saturated rings. The van der Waals surface area contributed by atoms with Gasteiger partial charge in [-0.2, -0.15) is 0 Å². The molecule has 1 saturated heterocycles. The molecule has 0 spiro atoms. The second-order valence-electron chi connectivity index (χ2n) is 7.80. The fourth-order valence-electron chi connectivity index (χ4n) is 4.15. The Morgan fingerprint density at radius 2 is 1.83 bits per heavy atom. The van der Waals surface area contributed by atoms with E-state index in [9.17, 15) is 9.59 Å². The maximum Gasteiger partial charge on any atom is 0.276 e. The van der Waals surface area contributed by atoms with Crippen LogP contribution in [0.1, 0.15) is 19.8 Å². The van der Waals surface area contributed by atoms with Crippen molar-refractivity contribution in [3.63, 3.8) is 0 Å². The predicted molar refractivity (Wildman–Crippen MR) is 118 cm³/mol. The standard InChI is InChI=1S/C22H30N6O2/c1-2-25-14-16-26(17-15-25)11-5-10-23-20(29)8-13-28-21-18(6-3-9-24-21)27-12-4-7-19(27)22(28)30/h3-4,6-7,9,12H,2,5,8,10-11,13-17H2,1H3,(H,23,29). The van der Waals surface area contributed by atoms with Crippen LogP contribution in [0.15, 0.2) is 41.5 Å². The Morgan fingerprint density at radius 1 is 1.07 bits per heavy atom. The minimum absolute atomic E-state index is 0.0305. The minimum Gasteiger partial charge on any atom is -0.356 e.